The number of hydrogen-bond acceptors (Lipinski definition) is 5. The predicted octanol–water partition coefficient (Wildman–Crippen LogP) is 3.12. The second-order valence-corrected chi connectivity index (χ2v) is 10.4. The molecule has 0 bridgehead atoms. The van der Waals surface area contributed by atoms with E-state index in [4.69, 9.17) is 4.74 Å². The van der Waals surface area contributed by atoms with Crippen LogP contribution in [0, 0.1) is 12.7 Å². The molecule has 0 spiro atoms. The van der Waals surface area contributed by atoms with Gasteiger partial charge >= 0.3 is 0 Å². The van der Waals surface area contributed by atoms with Crippen LogP contribution >= 0.6 is 0 Å². The van der Waals surface area contributed by atoms with E-state index in [1.54, 1.807) is 0 Å². The summed E-state index contributed by atoms with van der Waals surface area (Å²) in [5, 5.41) is 0. The van der Waals surface area contributed by atoms with Crippen LogP contribution in [0.25, 0.3) is 0 Å². The molecule has 0 aliphatic carbocycles. The van der Waals surface area contributed by atoms with Gasteiger partial charge in [0.15, 0.2) is 0 Å². The summed E-state index contributed by atoms with van der Waals surface area (Å²) >= 11 is 0. The van der Waals surface area contributed by atoms with E-state index in [1.165, 1.54) is 36.5 Å². The molecule has 0 radical (unpaired) electrons. The van der Waals surface area contributed by atoms with Crippen molar-refractivity contribution < 1.29 is 26.0 Å². The summed E-state index contributed by atoms with van der Waals surface area (Å²) in [6.07, 6.45) is 2.56. The van der Waals surface area contributed by atoms with E-state index in [-0.39, 0.29) is 26.8 Å². The van der Waals surface area contributed by atoms with Crippen molar-refractivity contribution in [3.63, 3.8) is 0 Å². The van der Waals surface area contributed by atoms with E-state index in [0.29, 0.717) is 13.1 Å². The molecule has 158 valence electrons. The molecule has 1 aliphatic rings. The third-order valence-corrected chi connectivity index (χ3v) is 8.21. The van der Waals surface area contributed by atoms with Gasteiger partial charge in [0.05, 0.1) is 22.6 Å². The van der Waals surface area contributed by atoms with Crippen LogP contribution in [-0.2, 0) is 20.0 Å². The van der Waals surface area contributed by atoms with E-state index < -0.39 is 25.9 Å². The van der Waals surface area contributed by atoms with Crippen molar-refractivity contribution in [2.75, 3.05) is 24.9 Å². The summed E-state index contributed by atoms with van der Waals surface area (Å²) < 4.78 is 73.8. The van der Waals surface area contributed by atoms with Gasteiger partial charge in [-0.25, -0.2) is 21.2 Å². The van der Waals surface area contributed by atoms with Gasteiger partial charge in [0, 0.05) is 13.1 Å². The van der Waals surface area contributed by atoms with Gasteiger partial charge in [-0.2, -0.15) is 4.31 Å². The van der Waals surface area contributed by atoms with Gasteiger partial charge in [-0.3, -0.25) is 4.72 Å². The number of nitrogens with one attached hydrogen (secondary N) is 1. The van der Waals surface area contributed by atoms with Crippen LogP contribution in [0.3, 0.4) is 0 Å². The summed E-state index contributed by atoms with van der Waals surface area (Å²) in [5.41, 5.74) is 0.225. The molecule has 1 aliphatic heterocycles. The number of hydrogen-bond donors (Lipinski definition) is 1. The molecule has 7 nitrogen and oxygen atoms in total. The molecular weight excluding hydrogens is 419 g/mol. The van der Waals surface area contributed by atoms with Gasteiger partial charge in [-0.1, -0.05) is 6.42 Å². The van der Waals surface area contributed by atoms with Crippen LogP contribution in [0.5, 0.6) is 5.75 Å². The Labute approximate surface area is 170 Å². The minimum atomic E-state index is -4.09. The highest BCUT2D eigenvalue weighted by molar-refractivity contribution is 7.92. The van der Waals surface area contributed by atoms with Crippen LogP contribution in [0.4, 0.5) is 10.1 Å². The molecule has 10 heteroatoms. The smallest absolute Gasteiger partial charge is 0.262 e. The first kappa shape index (κ1) is 21.5. The summed E-state index contributed by atoms with van der Waals surface area (Å²) in [6, 6.07) is 7.38. The third kappa shape index (κ3) is 4.54. The van der Waals surface area contributed by atoms with Crippen LogP contribution in [0.2, 0.25) is 0 Å². The number of rotatable bonds is 6. The fourth-order valence-electron chi connectivity index (χ4n) is 3.30. The van der Waals surface area contributed by atoms with Gasteiger partial charge in [-0.15, -0.1) is 0 Å². The summed E-state index contributed by atoms with van der Waals surface area (Å²) in [6.45, 7) is 2.35. The van der Waals surface area contributed by atoms with Crippen LogP contribution in [-0.4, -0.2) is 41.3 Å². The fourth-order valence-corrected chi connectivity index (χ4v) is 6.13. The summed E-state index contributed by atoms with van der Waals surface area (Å²) in [5.74, 6) is -0.375. The highest BCUT2D eigenvalue weighted by atomic mass is 32.2. The number of aryl methyl sites for hydroxylation is 1. The molecule has 0 unspecified atom stereocenters. The number of ether oxygens (including phenoxy) is 1. The number of nitrogens with zero attached hydrogens (tertiary/aromatic N) is 1. The van der Waals surface area contributed by atoms with Gasteiger partial charge in [0.25, 0.3) is 10.0 Å². The van der Waals surface area contributed by atoms with E-state index in [0.717, 1.165) is 37.5 Å². The topological polar surface area (TPSA) is 92.8 Å². The molecule has 0 aromatic heterocycles. The van der Waals surface area contributed by atoms with Gasteiger partial charge < -0.3 is 4.74 Å². The number of benzene rings is 2. The molecule has 3 rings (SSSR count). The number of methoxy groups -OCH3 is 1. The number of anilines is 1. The van der Waals surface area contributed by atoms with Gasteiger partial charge in [-0.05, 0) is 61.7 Å². The van der Waals surface area contributed by atoms with Crippen molar-refractivity contribution >= 4 is 25.7 Å². The van der Waals surface area contributed by atoms with Crippen molar-refractivity contribution in [3.8, 4) is 5.75 Å². The average Bonchev–Trinajstić information content (AvgIpc) is 2.68. The van der Waals surface area contributed by atoms with Crippen molar-refractivity contribution in [1.82, 2.24) is 4.31 Å². The molecule has 2 aromatic rings. The molecular formula is C19H23FN2O5S2. The van der Waals surface area contributed by atoms with Crippen molar-refractivity contribution in [2.45, 2.75) is 36.0 Å². The first-order valence-electron chi connectivity index (χ1n) is 9.12. The molecule has 0 saturated carbocycles. The molecule has 2 aromatic carbocycles. The first-order chi connectivity index (χ1) is 13.6. The Bertz CT molecular complexity index is 1110. The minimum Gasteiger partial charge on any atom is -0.495 e. The van der Waals surface area contributed by atoms with E-state index in [1.807, 2.05) is 0 Å². The lowest BCUT2D eigenvalue weighted by Crippen LogP contribution is -2.35. The Morgan fingerprint density at radius 2 is 1.69 bits per heavy atom. The lowest BCUT2D eigenvalue weighted by atomic mass is 10.2. The standard InChI is InChI=1S/C19H23FN2O5S2/c1-14-12-15(20)6-9-19(14)28(23,24)21-17-13-16(7-8-18(17)27-2)29(25,26)22-10-4-3-5-11-22/h6-9,12-13,21H,3-5,10-11H2,1-2H3. The van der Waals surface area contributed by atoms with Crippen LogP contribution in [0.15, 0.2) is 46.2 Å². The Hall–Kier alpha value is -2.17. The van der Waals surface area contributed by atoms with Crippen LogP contribution in [0.1, 0.15) is 24.8 Å². The molecule has 29 heavy (non-hydrogen) atoms. The first-order valence-corrected chi connectivity index (χ1v) is 12.0. The molecule has 0 amide bonds. The molecule has 1 saturated heterocycles. The van der Waals surface area contributed by atoms with E-state index in [2.05, 4.69) is 4.72 Å². The number of piperidine rings is 1. The summed E-state index contributed by atoms with van der Waals surface area (Å²) in [7, 11) is -6.48. The molecule has 1 heterocycles. The molecule has 0 atom stereocenters. The largest absolute Gasteiger partial charge is 0.495 e. The average molecular weight is 443 g/mol. The predicted molar refractivity (Wildman–Crippen MR) is 108 cm³/mol. The SMILES string of the molecule is COc1ccc(S(=O)(=O)N2CCCCC2)cc1NS(=O)(=O)c1ccc(F)cc1C. The minimum absolute atomic E-state index is 0.00527. The lowest BCUT2D eigenvalue weighted by molar-refractivity contribution is 0.346. The second kappa shape index (κ2) is 8.29. The Morgan fingerprint density at radius 1 is 1.00 bits per heavy atom. The summed E-state index contributed by atoms with van der Waals surface area (Å²) in [4.78, 5) is -0.126. The van der Waals surface area contributed by atoms with E-state index >= 15 is 0 Å². The highest BCUT2D eigenvalue weighted by Gasteiger charge is 2.28. The van der Waals surface area contributed by atoms with Crippen molar-refractivity contribution in [3.05, 3.63) is 47.8 Å². The fraction of sp³-hybridized carbons (Fsp3) is 0.368. The zero-order valence-corrected chi connectivity index (χ0v) is 17.8. The van der Waals surface area contributed by atoms with Crippen LogP contribution < -0.4 is 9.46 Å². The normalized spacial score (nSPS) is 15.8. The Kier molecular flexibility index (Phi) is 6.16. The maximum absolute atomic E-state index is 13.3. The van der Waals surface area contributed by atoms with Crippen molar-refractivity contribution in [1.29, 1.82) is 0 Å². The number of halogens is 1. The van der Waals surface area contributed by atoms with Crippen molar-refractivity contribution in [2.24, 2.45) is 0 Å². The van der Waals surface area contributed by atoms with E-state index in [9.17, 15) is 21.2 Å². The Balaban J connectivity index is 1.99. The second-order valence-electron chi connectivity index (χ2n) is 6.84. The molecule has 1 fully saturated rings. The monoisotopic (exact) mass is 442 g/mol. The van der Waals surface area contributed by atoms with Gasteiger partial charge in [0.2, 0.25) is 10.0 Å². The maximum Gasteiger partial charge on any atom is 0.262 e. The quantitative estimate of drug-likeness (QED) is 0.742. The molecule has 1 N–H and O–H groups in total. The number of sulfonamides is 2. The lowest BCUT2D eigenvalue weighted by Gasteiger charge is -2.26. The highest BCUT2D eigenvalue weighted by Crippen LogP contribution is 2.32. The zero-order chi connectivity index (χ0) is 21.2. The third-order valence-electron chi connectivity index (χ3n) is 4.79. The van der Waals surface area contributed by atoms with Gasteiger partial charge in [0.1, 0.15) is 11.6 Å². The maximum atomic E-state index is 13.3. The zero-order valence-electron chi connectivity index (χ0n) is 16.2. The Morgan fingerprint density at radius 3 is 2.31 bits per heavy atom.